The van der Waals surface area contributed by atoms with Crippen LogP contribution in [0.5, 0.6) is 5.75 Å². The van der Waals surface area contributed by atoms with E-state index >= 15 is 0 Å². The number of phenols is 1. The lowest BCUT2D eigenvalue weighted by Crippen LogP contribution is -2.05. The first-order valence-electron chi connectivity index (χ1n) is 8.07. The van der Waals surface area contributed by atoms with E-state index in [1.54, 1.807) is 42.5 Å². The average molecular weight is 352 g/mol. The Morgan fingerprint density at radius 2 is 1.92 bits per heavy atom. The molecule has 0 bridgehead atoms. The summed E-state index contributed by atoms with van der Waals surface area (Å²) in [4.78, 5) is 20.9. The average Bonchev–Trinajstić information content (AvgIpc) is 2.64. The van der Waals surface area contributed by atoms with Crippen LogP contribution in [0.2, 0.25) is 0 Å². The van der Waals surface area contributed by atoms with Crippen molar-refractivity contribution in [1.82, 2.24) is 5.32 Å². The molecule has 26 heavy (non-hydrogen) atoms. The zero-order chi connectivity index (χ0) is 19.5. The Labute approximate surface area is 154 Å². The van der Waals surface area contributed by atoms with Gasteiger partial charge in [-0.1, -0.05) is 30.9 Å². The first-order chi connectivity index (χ1) is 12.5. The van der Waals surface area contributed by atoms with Crippen LogP contribution in [-0.4, -0.2) is 24.3 Å². The molecular formula is C21H24N2O3. The van der Waals surface area contributed by atoms with Crippen molar-refractivity contribution in [2.24, 2.45) is 0 Å². The first-order valence-corrected chi connectivity index (χ1v) is 8.07. The van der Waals surface area contributed by atoms with E-state index in [2.05, 4.69) is 17.2 Å². The van der Waals surface area contributed by atoms with Gasteiger partial charge in [0.25, 0.3) is 0 Å². The van der Waals surface area contributed by atoms with Gasteiger partial charge in [0, 0.05) is 29.6 Å². The molecule has 0 aliphatic rings. The summed E-state index contributed by atoms with van der Waals surface area (Å²) in [6, 6.07) is 12.0. The minimum atomic E-state index is -0.00968. The lowest BCUT2D eigenvalue weighted by molar-refractivity contribution is -0.105. The van der Waals surface area contributed by atoms with Crippen molar-refractivity contribution in [3.63, 3.8) is 0 Å². The normalized spacial score (nSPS) is 10.2. The number of phenolic OH excluding ortho intramolecular Hbond substituents is 1. The monoisotopic (exact) mass is 352 g/mol. The van der Waals surface area contributed by atoms with Crippen molar-refractivity contribution >= 4 is 29.7 Å². The van der Waals surface area contributed by atoms with Gasteiger partial charge in [0.15, 0.2) is 5.78 Å². The maximum Gasteiger partial charge on any atom is 0.211 e. The molecular weight excluding hydrogens is 328 g/mol. The van der Waals surface area contributed by atoms with Crippen molar-refractivity contribution in [1.29, 1.82) is 0 Å². The zero-order valence-electron chi connectivity index (χ0n) is 15.2. The second-order valence-corrected chi connectivity index (χ2v) is 5.33. The number of nitrogens with one attached hydrogen (secondary N) is 2. The molecule has 0 saturated heterocycles. The zero-order valence-corrected chi connectivity index (χ0v) is 15.2. The second-order valence-electron chi connectivity index (χ2n) is 5.33. The summed E-state index contributed by atoms with van der Waals surface area (Å²) in [5, 5.41) is 14.9. The first kappa shape index (κ1) is 20.7. The fourth-order valence-corrected chi connectivity index (χ4v) is 2.29. The van der Waals surface area contributed by atoms with Crippen molar-refractivity contribution in [3.05, 3.63) is 71.8 Å². The third-order valence-electron chi connectivity index (χ3n) is 3.60. The lowest BCUT2D eigenvalue weighted by atomic mass is 10.0. The summed E-state index contributed by atoms with van der Waals surface area (Å²) in [6.45, 7) is 7.17. The summed E-state index contributed by atoms with van der Waals surface area (Å²) in [7, 11) is 1.87. The molecule has 0 heterocycles. The van der Waals surface area contributed by atoms with Crippen molar-refractivity contribution in [2.45, 2.75) is 13.8 Å². The molecule has 3 N–H and O–H groups in total. The minimum absolute atomic E-state index is 0.00968. The van der Waals surface area contributed by atoms with Gasteiger partial charge in [-0.15, -0.1) is 0 Å². The van der Waals surface area contributed by atoms with Gasteiger partial charge in [-0.2, -0.15) is 0 Å². The topological polar surface area (TPSA) is 78.4 Å². The third-order valence-corrected chi connectivity index (χ3v) is 3.60. The van der Waals surface area contributed by atoms with Crippen LogP contribution in [0.1, 0.15) is 35.3 Å². The van der Waals surface area contributed by atoms with Gasteiger partial charge in [-0.3, -0.25) is 9.59 Å². The van der Waals surface area contributed by atoms with Crippen LogP contribution >= 0.6 is 0 Å². The van der Waals surface area contributed by atoms with Gasteiger partial charge in [0.05, 0.1) is 0 Å². The van der Waals surface area contributed by atoms with Gasteiger partial charge in [0.2, 0.25) is 6.41 Å². The van der Waals surface area contributed by atoms with Crippen LogP contribution in [-0.2, 0) is 4.79 Å². The number of rotatable bonds is 6. The predicted octanol–water partition coefficient (Wildman–Crippen LogP) is 4.07. The minimum Gasteiger partial charge on any atom is -0.508 e. The lowest BCUT2D eigenvalue weighted by Gasteiger charge is -2.10. The van der Waals surface area contributed by atoms with E-state index in [1.165, 1.54) is 6.92 Å². The smallest absolute Gasteiger partial charge is 0.211 e. The number of Topliss-reactive ketones (excluding diaryl/α,β-unsaturated/α-hetero) is 1. The molecule has 0 saturated carbocycles. The number of ketones is 1. The quantitative estimate of drug-likeness (QED) is 0.541. The number of benzene rings is 2. The molecule has 2 rings (SSSR count). The summed E-state index contributed by atoms with van der Waals surface area (Å²) in [5.41, 5.74) is 4.23. The second kappa shape index (κ2) is 10.5. The number of carbonyl (C=O) groups excluding carboxylic acids is 2. The van der Waals surface area contributed by atoms with Crippen molar-refractivity contribution < 1.29 is 14.7 Å². The molecule has 0 fully saturated rings. The van der Waals surface area contributed by atoms with E-state index < -0.39 is 0 Å². The number of carbonyl (C=O) groups is 2. The van der Waals surface area contributed by atoms with Crippen LogP contribution in [0.15, 0.2) is 55.1 Å². The molecule has 0 radical (unpaired) electrons. The predicted molar refractivity (Wildman–Crippen MR) is 107 cm³/mol. The Kier molecular flexibility index (Phi) is 8.37. The van der Waals surface area contributed by atoms with E-state index in [-0.39, 0.29) is 11.5 Å². The van der Waals surface area contributed by atoms with E-state index in [1.807, 2.05) is 26.1 Å². The fraction of sp³-hybridized carbons (Fsp3) is 0.143. The number of allylic oxidation sites excluding steroid dienone is 1. The summed E-state index contributed by atoms with van der Waals surface area (Å²) < 4.78 is 0. The summed E-state index contributed by atoms with van der Waals surface area (Å²) in [6.07, 6.45) is 4.30. The van der Waals surface area contributed by atoms with Crippen LogP contribution in [0, 0.1) is 0 Å². The highest BCUT2D eigenvalue weighted by molar-refractivity contribution is 5.95. The molecule has 0 unspecified atom stereocenters. The largest absolute Gasteiger partial charge is 0.508 e. The third kappa shape index (κ3) is 5.94. The molecule has 2 aromatic rings. The van der Waals surface area contributed by atoms with Crippen molar-refractivity contribution in [3.8, 4) is 5.75 Å². The van der Waals surface area contributed by atoms with Gasteiger partial charge < -0.3 is 15.7 Å². The molecule has 0 atom stereocenters. The van der Waals surface area contributed by atoms with E-state index in [9.17, 15) is 14.7 Å². The molecule has 5 heteroatoms. The van der Waals surface area contributed by atoms with Gasteiger partial charge >= 0.3 is 0 Å². The van der Waals surface area contributed by atoms with Crippen LogP contribution in [0.3, 0.4) is 0 Å². The van der Waals surface area contributed by atoms with Gasteiger partial charge in [0.1, 0.15) is 5.75 Å². The molecule has 0 spiro atoms. The SMILES string of the molecule is C=Cc1cc(O)ccc1/C(=C\C)NC.CC(=O)c1cccc(NC=O)c1. The van der Waals surface area contributed by atoms with E-state index in [0.717, 1.165) is 16.8 Å². The number of anilines is 1. The molecule has 5 nitrogen and oxygen atoms in total. The van der Waals surface area contributed by atoms with Gasteiger partial charge in [-0.25, -0.2) is 0 Å². The Morgan fingerprint density at radius 3 is 2.46 bits per heavy atom. The van der Waals surface area contributed by atoms with Crippen LogP contribution in [0.25, 0.3) is 11.8 Å². The molecule has 136 valence electrons. The summed E-state index contributed by atoms with van der Waals surface area (Å²) >= 11 is 0. The van der Waals surface area contributed by atoms with Crippen molar-refractivity contribution in [2.75, 3.05) is 12.4 Å². The van der Waals surface area contributed by atoms with Crippen LogP contribution in [0.4, 0.5) is 5.69 Å². The maximum atomic E-state index is 10.9. The highest BCUT2D eigenvalue weighted by atomic mass is 16.3. The van der Waals surface area contributed by atoms with E-state index in [4.69, 9.17) is 0 Å². The van der Waals surface area contributed by atoms with E-state index in [0.29, 0.717) is 17.7 Å². The maximum absolute atomic E-state index is 10.9. The summed E-state index contributed by atoms with van der Waals surface area (Å²) in [5.74, 6) is 0.250. The number of hydrogen-bond donors (Lipinski definition) is 3. The number of aromatic hydroxyl groups is 1. The molecule has 0 aromatic heterocycles. The van der Waals surface area contributed by atoms with Crippen LogP contribution < -0.4 is 10.6 Å². The molecule has 0 aliphatic heterocycles. The standard InChI is InChI=1S/C12H15NO.C9H9NO2/c1-4-9-8-10(14)6-7-11(9)12(5-2)13-3;1-7(12)8-3-2-4-9(5-8)10-6-11/h4-8,13-14H,1H2,2-3H3;2-6H,1H3,(H,10,11)/b12-5+;. The number of amides is 1. The Hall–Kier alpha value is -3.34. The molecule has 1 amide bonds. The highest BCUT2D eigenvalue weighted by Gasteiger charge is 2.03. The van der Waals surface area contributed by atoms with Gasteiger partial charge in [-0.05, 0) is 49.7 Å². The fourth-order valence-electron chi connectivity index (χ4n) is 2.29. The number of hydrogen-bond acceptors (Lipinski definition) is 4. The molecule has 0 aliphatic carbocycles. The highest BCUT2D eigenvalue weighted by Crippen LogP contribution is 2.22. The Bertz CT molecular complexity index is 811. The Morgan fingerprint density at radius 1 is 1.19 bits per heavy atom. The molecule has 2 aromatic carbocycles. The Balaban J connectivity index is 0.000000263.